The van der Waals surface area contributed by atoms with E-state index < -0.39 is 0 Å². The summed E-state index contributed by atoms with van der Waals surface area (Å²) < 4.78 is 6.13. The van der Waals surface area contributed by atoms with Crippen molar-refractivity contribution in [1.82, 2.24) is 0 Å². The van der Waals surface area contributed by atoms with Crippen LogP contribution in [0, 0.1) is 17.8 Å². The third-order valence-electron chi connectivity index (χ3n) is 4.58. The van der Waals surface area contributed by atoms with Gasteiger partial charge in [0.1, 0.15) is 5.78 Å². The van der Waals surface area contributed by atoms with E-state index in [1.807, 2.05) is 0 Å². The molecule has 1 heterocycles. The van der Waals surface area contributed by atoms with Gasteiger partial charge in [0.25, 0.3) is 0 Å². The highest BCUT2D eigenvalue weighted by molar-refractivity contribution is 5.82. The lowest BCUT2D eigenvalue weighted by Gasteiger charge is -2.36. The molecule has 98 valence electrons. The minimum Gasteiger partial charge on any atom is -0.369 e. The van der Waals surface area contributed by atoms with Gasteiger partial charge in [0.2, 0.25) is 0 Å². The van der Waals surface area contributed by atoms with Gasteiger partial charge >= 0.3 is 0 Å². The molecule has 0 amide bonds. The molecule has 1 saturated carbocycles. The molecular formula is C15H26O2. The molecule has 1 aliphatic carbocycles. The van der Waals surface area contributed by atoms with Gasteiger partial charge in [-0.2, -0.15) is 0 Å². The van der Waals surface area contributed by atoms with Crippen molar-refractivity contribution in [3.63, 3.8) is 0 Å². The maximum absolute atomic E-state index is 12.2. The van der Waals surface area contributed by atoms with Crippen molar-refractivity contribution in [3.05, 3.63) is 0 Å². The van der Waals surface area contributed by atoms with Crippen LogP contribution in [-0.2, 0) is 9.53 Å². The SMILES string of the molecule is CC1CCC(=O)C(C2CC(C)(C)OC2(C)C)C1. The smallest absolute Gasteiger partial charge is 0.136 e. The van der Waals surface area contributed by atoms with E-state index in [9.17, 15) is 4.79 Å². The molecule has 0 aromatic rings. The molecule has 1 saturated heterocycles. The van der Waals surface area contributed by atoms with Crippen molar-refractivity contribution in [2.45, 2.75) is 71.5 Å². The number of Topliss-reactive ketones (excluding diaryl/α,β-unsaturated/α-hetero) is 1. The predicted octanol–water partition coefficient (Wildman–Crippen LogP) is 3.59. The molecule has 1 aliphatic heterocycles. The Labute approximate surface area is 105 Å². The summed E-state index contributed by atoms with van der Waals surface area (Å²) in [5, 5.41) is 0. The molecule has 2 aliphatic rings. The molecule has 0 aromatic carbocycles. The number of ketones is 1. The first-order chi connectivity index (χ1) is 7.71. The van der Waals surface area contributed by atoms with E-state index in [1.165, 1.54) is 0 Å². The second kappa shape index (κ2) is 4.08. The Morgan fingerprint density at radius 2 is 1.88 bits per heavy atom. The Kier molecular flexibility index (Phi) is 3.14. The van der Waals surface area contributed by atoms with Crippen LogP contribution in [0.25, 0.3) is 0 Å². The molecule has 3 unspecified atom stereocenters. The molecule has 0 N–H and O–H groups in total. The van der Waals surface area contributed by atoms with Crippen molar-refractivity contribution in [2.75, 3.05) is 0 Å². The summed E-state index contributed by atoms with van der Waals surface area (Å²) in [6.45, 7) is 10.9. The first-order valence-corrected chi connectivity index (χ1v) is 6.94. The molecule has 17 heavy (non-hydrogen) atoms. The zero-order chi connectivity index (χ0) is 12.8. The van der Waals surface area contributed by atoms with Crippen LogP contribution in [0.1, 0.15) is 60.3 Å². The number of hydrogen-bond donors (Lipinski definition) is 0. The van der Waals surface area contributed by atoms with E-state index in [4.69, 9.17) is 4.74 Å². The van der Waals surface area contributed by atoms with E-state index in [-0.39, 0.29) is 17.1 Å². The minimum absolute atomic E-state index is 0.0743. The van der Waals surface area contributed by atoms with Crippen LogP contribution in [0.5, 0.6) is 0 Å². The van der Waals surface area contributed by atoms with Crippen molar-refractivity contribution >= 4 is 5.78 Å². The highest BCUT2D eigenvalue weighted by Crippen LogP contribution is 2.48. The molecule has 0 radical (unpaired) electrons. The first-order valence-electron chi connectivity index (χ1n) is 6.94. The average Bonchev–Trinajstić information content (AvgIpc) is 2.38. The highest BCUT2D eigenvalue weighted by atomic mass is 16.5. The third-order valence-corrected chi connectivity index (χ3v) is 4.58. The lowest BCUT2D eigenvalue weighted by Crippen LogP contribution is -2.39. The van der Waals surface area contributed by atoms with Gasteiger partial charge in [-0.1, -0.05) is 6.92 Å². The first kappa shape index (κ1) is 13.1. The predicted molar refractivity (Wildman–Crippen MR) is 68.9 cm³/mol. The Morgan fingerprint density at radius 3 is 2.41 bits per heavy atom. The van der Waals surface area contributed by atoms with E-state index in [0.29, 0.717) is 17.6 Å². The number of rotatable bonds is 1. The Balaban J connectivity index is 2.18. The number of hydrogen-bond acceptors (Lipinski definition) is 2. The minimum atomic E-state index is -0.152. The second-order valence-electron chi connectivity index (χ2n) is 7.23. The topological polar surface area (TPSA) is 26.3 Å². The normalized spacial score (nSPS) is 40.5. The van der Waals surface area contributed by atoms with Crippen LogP contribution in [0.15, 0.2) is 0 Å². The van der Waals surface area contributed by atoms with Gasteiger partial charge in [-0.3, -0.25) is 4.79 Å². The summed E-state index contributed by atoms with van der Waals surface area (Å²) >= 11 is 0. The summed E-state index contributed by atoms with van der Waals surface area (Å²) in [6, 6.07) is 0. The van der Waals surface area contributed by atoms with Gasteiger partial charge < -0.3 is 4.74 Å². The summed E-state index contributed by atoms with van der Waals surface area (Å²) in [7, 11) is 0. The van der Waals surface area contributed by atoms with Crippen LogP contribution in [0.4, 0.5) is 0 Å². The van der Waals surface area contributed by atoms with Crippen molar-refractivity contribution in [3.8, 4) is 0 Å². The lowest BCUT2D eigenvalue weighted by atomic mass is 9.68. The van der Waals surface area contributed by atoms with Gasteiger partial charge in [-0.15, -0.1) is 0 Å². The van der Waals surface area contributed by atoms with Gasteiger partial charge in [0, 0.05) is 12.3 Å². The van der Waals surface area contributed by atoms with E-state index in [1.54, 1.807) is 0 Å². The van der Waals surface area contributed by atoms with E-state index in [2.05, 4.69) is 34.6 Å². The standard InChI is InChI=1S/C15H26O2/c1-10-6-7-13(16)11(8-10)12-9-14(2,3)17-15(12,4)5/h10-12H,6-9H2,1-5H3. The summed E-state index contributed by atoms with van der Waals surface area (Å²) in [6.07, 6.45) is 3.93. The Hall–Kier alpha value is -0.370. The van der Waals surface area contributed by atoms with Crippen molar-refractivity contribution in [1.29, 1.82) is 0 Å². The summed E-state index contributed by atoms with van der Waals surface area (Å²) in [5.74, 6) is 1.79. The van der Waals surface area contributed by atoms with Crippen molar-refractivity contribution < 1.29 is 9.53 Å². The largest absolute Gasteiger partial charge is 0.369 e. The van der Waals surface area contributed by atoms with Crippen LogP contribution in [0.2, 0.25) is 0 Å². The van der Waals surface area contributed by atoms with Gasteiger partial charge in [0.05, 0.1) is 11.2 Å². The number of carbonyl (C=O) groups excluding carboxylic acids is 1. The Bertz CT molecular complexity index is 317. The number of carbonyl (C=O) groups is 1. The quantitative estimate of drug-likeness (QED) is 0.698. The molecule has 2 heteroatoms. The zero-order valence-corrected chi connectivity index (χ0v) is 11.9. The maximum Gasteiger partial charge on any atom is 0.136 e. The van der Waals surface area contributed by atoms with Gasteiger partial charge in [-0.05, 0) is 58.8 Å². The molecule has 0 bridgehead atoms. The van der Waals surface area contributed by atoms with Gasteiger partial charge in [0.15, 0.2) is 0 Å². The van der Waals surface area contributed by atoms with Crippen LogP contribution < -0.4 is 0 Å². The molecule has 0 aromatic heterocycles. The number of ether oxygens (including phenoxy) is 1. The highest BCUT2D eigenvalue weighted by Gasteiger charge is 2.51. The molecule has 2 fully saturated rings. The average molecular weight is 238 g/mol. The fraction of sp³-hybridized carbons (Fsp3) is 0.933. The maximum atomic E-state index is 12.2. The molecule has 2 rings (SSSR count). The lowest BCUT2D eigenvalue weighted by molar-refractivity contribution is -0.131. The Morgan fingerprint density at radius 1 is 1.24 bits per heavy atom. The molecule has 3 atom stereocenters. The fourth-order valence-corrected chi connectivity index (χ4v) is 3.88. The third kappa shape index (κ3) is 2.57. The summed E-state index contributed by atoms with van der Waals surface area (Å²) in [4.78, 5) is 12.2. The summed E-state index contributed by atoms with van der Waals surface area (Å²) in [5.41, 5.74) is -0.226. The van der Waals surface area contributed by atoms with E-state index >= 15 is 0 Å². The van der Waals surface area contributed by atoms with Gasteiger partial charge in [-0.25, -0.2) is 0 Å². The monoisotopic (exact) mass is 238 g/mol. The zero-order valence-electron chi connectivity index (χ0n) is 11.9. The fourth-order valence-electron chi connectivity index (χ4n) is 3.88. The molecule has 2 nitrogen and oxygen atoms in total. The second-order valence-corrected chi connectivity index (χ2v) is 7.23. The van der Waals surface area contributed by atoms with E-state index in [0.717, 1.165) is 25.7 Å². The molecule has 0 spiro atoms. The van der Waals surface area contributed by atoms with Crippen LogP contribution in [0.3, 0.4) is 0 Å². The van der Waals surface area contributed by atoms with Crippen LogP contribution in [-0.4, -0.2) is 17.0 Å². The molecular weight excluding hydrogens is 212 g/mol. The van der Waals surface area contributed by atoms with Crippen molar-refractivity contribution in [2.24, 2.45) is 17.8 Å². The van der Waals surface area contributed by atoms with Crippen LogP contribution >= 0.6 is 0 Å².